The van der Waals surface area contributed by atoms with E-state index in [0.717, 1.165) is 6.54 Å². The van der Waals surface area contributed by atoms with Crippen LogP contribution in [0.2, 0.25) is 0 Å². The molecular formula is C14H21NO2. The van der Waals surface area contributed by atoms with Crippen LogP contribution in [0, 0.1) is 23.7 Å². The summed E-state index contributed by atoms with van der Waals surface area (Å²) in [5, 5.41) is 10.0. The number of aliphatic hydroxyl groups is 1. The lowest BCUT2D eigenvalue weighted by Crippen LogP contribution is -2.51. The van der Waals surface area contributed by atoms with Gasteiger partial charge in [0.25, 0.3) is 0 Å². The van der Waals surface area contributed by atoms with Crippen molar-refractivity contribution in [2.24, 2.45) is 23.7 Å². The van der Waals surface area contributed by atoms with Crippen LogP contribution in [-0.2, 0) is 4.79 Å². The maximum atomic E-state index is 12.0. The van der Waals surface area contributed by atoms with E-state index >= 15 is 0 Å². The van der Waals surface area contributed by atoms with Crippen molar-refractivity contribution in [1.29, 1.82) is 0 Å². The number of hydrogen-bond acceptors (Lipinski definition) is 2. The number of rotatable bonds is 2. The second-order valence-electron chi connectivity index (χ2n) is 6.30. The molecule has 2 bridgehead atoms. The first-order chi connectivity index (χ1) is 8.08. The molecule has 0 aromatic carbocycles. The van der Waals surface area contributed by atoms with Gasteiger partial charge in [0, 0.05) is 24.6 Å². The molecule has 3 aliphatic rings. The van der Waals surface area contributed by atoms with Gasteiger partial charge in [-0.1, -0.05) is 13.8 Å². The second-order valence-corrected chi connectivity index (χ2v) is 6.30. The molecule has 2 fully saturated rings. The van der Waals surface area contributed by atoms with Crippen LogP contribution in [0.3, 0.4) is 0 Å². The van der Waals surface area contributed by atoms with Gasteiger partial charge in [0.05, 0.1) is 0 Å². The van der Waals surface area contributed by atoms with Gasteiger partial charge in [0.2, 0.25) is 5.91 Å². The summed E-state index contributed by atoms with van der Waals surface area (Å²) in [4.78, 5) is 14.1. The molecule has 3 nitrogen and oxygen atoms in total. The third-order valence-electron chi connectivity index (χ3n) is 4.69. The lowest BCUT2D eigenvalue weighted by molar-refractivity contribution is -0.133. The summed E-state index contributed by atoms with van der Waals surface area (Å²) in [5.74, 6) is 2.35. The SMILES string of the molecule is CC(C)CN1C(=O)C=C(O)C2C3CCC(C3)C21. The van der Waals surface area contributed by atoms with Crippen molar-refractivity contribution >= 4 is 5.91 Å². The van der Waals surface area contributed by atoms with Gasteiger partial charge < -0.3 is 10.0 Å². The van der Waals surface area contributed by atoms with Crippen molar-refractivity contribution < 1.29 is 9.90 Å². The molecule has 4 atom stereocenters. The van der Waals surface area contributed by atoms with Gasteiger partial charge in [0.1, 0.15) is 5.76 Å². The van der Waals surface area contributed by atoms with E-state index in [9.17, 15) is 9.90 Å². The normalized spacial score (nSPS) is 39.8. The minimum Gasteiger partial charge on any atom is -0.512 e. The Morgan fingerprint density at radius 2 is 2.12 bits per heavy atom. The summed E-state index contributed by atoms with van der Waals surface area (Å²) in [5.41, 5.74) is 0. The van der Waals surface area contributed by atoms with E-state index in [0.29, 0.717) is 23.5 Å². The summed E-state index contributed by atoms with van der Waals surface area (Å²) < 4.78 is 0. The van der Waals surface area contributed by atoms with Gasteiger partial charge in [-0.15, -0.1) is 0 Å². The van der Waals surface area contributed by atoms with Crippen LogP contribution >= 0.6 is 0 Å². The third-order valence-corrected chi connectivity index (χ3v) is 4.69. The first-order valence-electron chi connectivity index (χ1n) is 6.79. The van der Waals surface area contributed by atoms with E-state index in [-0.39, 0.29) is 17.9 Å². The third kappa shape index (κ3) is 1.59. The van der Waals surface area contributed by atoms with Gasteiger partial charge in [-0.05, 0) is 37.0 Å². The number of carbonyl (C=O) groups is 1. The Hall–Kier alpha value is -0.990. The fourth-order valence-corrected chi connectivity index (χ4v) is 4.18. The molecule has 17 heavy (non-hydrogen) atoms. The van der Waals surface area contributed by atoms with Gasteiger partial charge in [-0.2, -0.15) is 0 Å². The molecule has 1 aliphatic heterocycles. The van der Waals surface area contributed by atoms with Crippen molar-refractivity contribution in [3.63, 3.8) is 0 Å². The molecule has 0 aromatic heterocycles. The Kier molecular flexibility index (Phi) is 2.46. The van der Waals surface area contributed by atoms with Crippen molar-refractivity contribution in [1.82, 2.24) is 4.90 Å². The Morgan fingerprint density at radius 3 is 2.82 bits per heavy atom. The maximum absolute atomic E-state index is 12.0. The van der Waals surface area contributed by atoms with Gasteiger partial charge in [0.15, 0.2) is 0 Å². The summed E-state index contributed by atoms with van der Waals surface area (Å²) in [6.07, 6.45) is 5.13. The smallest absolute Gasteiger partial charge is 0.250 e. The topological polar surface area (TPSA) is 40.5 Å². The Bertz CT molecular complexity index is 374. The van der Waals surface area contributed by atoms with Crippen LogP contribution in [0.5, 0.6) is 0 Å². The summed E-state index contributed by atoms with van der Waals surface area (Å²) in [6.45, 7) is 5.12. The van der Waals surface area contributed by atoms with Crippen molar-refractivity contribution in [3.05, 3.63) is 11.8 Å². The molecule has 3 heteroatoms. The fourth-order valence-electron chi connectivity index (χ4n) is 4.18. The van der Waals surface area contributed by atoms with Gasteiger partial charge >= 0.3 is 0 Å². The molecular weight excluding hydrogens is 214 g/mol. The lowest BCUT2D eigenvalue weighted by atomic mass is 9.80. The highest BCUT2D eigenvalue weighted by molar-refractivity contribution is 5.89. The Morgan fingerprint density at radius 1 is 1.41 bits per heavy atom. The van der Waals surface area contributed by atoms with E-state index in [1.165, 1.54) is 25.3 Å². The van der Waals surface area contributed by atoms with Gasteiger partial charge in [-0.3, -0.25) is 4.79 Å². The van der Waals surface area contributed by atoms with Crippen molar-refractivity contribution in [2.45, 2.75) is 39.2 Å². The van der Waals surface area contributed by atoms with Crippen molar-refractivity contribution in [2.75, 3.05) is 6.54 Å². The number of hydrogen-bond donors (Lipinski definition) is 1. The summed E-state index contributed by atoms with van der Waals surface area (Å²) >= 11 is 0. The minimum absolute atomic E-state index is 0.0185. The number of aliphatic hydroxyl groups excluding tert-OH is 1. The number of nitrogens with zero attached hydrogens (tertiary/aromatic N) is 1. The number of amides is 1. The van der Waals surface area contributed by atoms with E-state index in [1.54, 1.807) is 0 Å². The zero-order valence-electron chi connectivity index (χ0n) is 10.6. The molecule has 1 amide bonds. The maximum Gasteiger partial charge on any atom is 0.250 e. The average molecular weight is 235 g/mol. The molecule has 1 heterocycles. The van der Waals surface area contributed by atoms with Crippen LogP contribution in [0.25, 0.3) is 0 Å². The number of carbonyl (C=O) groups excluding carboxylic acids is 1. The van der Waals surface area contributed by atoms with Crippen LogP contribution in [0.4, 0.5) is 0 Å². The zero-order valence-corrected chi connectivity index (χ0v) is 10.6. The highest BCUT2D eigenvalue weighted by atomic mass is 16.3. The monoisotopic (exact) mass is 235 g/mol. The van der Waals surface area contributed by atoms with Gasteiger partial charge in [-0.25, -0.2) is 0 Å². The first-order valence-corrected chi connectivity index (χ1v) is 6.79. The highest BCUT2D eigenvalue weighted by Gasteiger charge is 2.54. The van der Waals surface area contributed by atoms with Crippen molar-refractivity contribution in [3.8, 4) is 0 Å². The minimum atomic E-state index is 0.0185. The molecule has 0 aromatic rings. The largest absolute Gasteiger partial charge is 0.512 e. The van der Waals surface area contributed by atoms with Crippen LogP contribution < -0.4 is 0 Å². The number of fused-ring (bicyclic) bond motifs is 5. The highest BCUT2D eigenvalue weighted by Crippen LogP contribution is 2.54. The molecule has 2 aliphatic carbocycles. The molecule has 0 radical (unpaired) electrons. The van der Waals surface area contributed by atoms with E-state index in [4.69, 9.17) is 0 Å². The molecule has 4 unspecified atom stereocenters. The average Bonchev–Trinajstić information content (AvgIpc) is 2.83. The second kappa shape index (κ2) is 3.76. The standard InChI is InChI=1S/C14H21NO2/c1-8(2)7-15-12(17)6-11(16)13-9-3-4-10(5-9)14(13)15/h6,8-10,13-14,16H,3-5,7H2,1-2H3. The van der Waals surface area contributed by atoms with Crippen LogP contribution in [-0.4, -0.2) is 28.5 Å². The van der Waals surface area contributed by atoms with Crippen LogP contribution in [0.15, 0.2) is 11.8 Å². The molecule has 1 N–H and O–H groups in total. The molecule has 2 saturated carbocycles. The zero-order chi connectivity index (χ0) is 12.2. The molecule has 94 valence electrons. The quantitative estimate of drug-likeness (QED) is 0.798. The lowest BCUT2D eigenvalue weighted by Gasteiger charge is -2.42. The first kappa shape index (κ1) is 11.1. The summed E-state index contributed by atoms with van der Waals surface area (Å²) in [6, 6.07) is 0.286. The Balaban J connectivity index is 1.92. The molecule has 0 saturated heterocycles. The predicted molar refractivity (Wildman–Crippen MR) is 65.4 cm³/mol. The van der Waals surface area contributed by atoms with E-state index < -0.39 is 0 Å². The fraction of sp³-hybridized carbons (Fsp3) is 0.786. The van der Waals surface area contributed by atoms with E-state index in [2.05, 4.69) is 13.8 Å². The Labute approximate surface area is 102 Å². The molecule has 3 rings (SSSR count). The predicted octanol–water partition coefficient (Wildman–Crippen LogP) is 2.34. The molecule has 0 spiro atoms. The van der Waals surface area contributed by atoms with E-state index in [1.807, 2.05) is 4.90 Å². The summed E-state index contributed by atoms with van der Waals surface area (Å²) in [7, 11) is 0. The van der Waals surface area contributed by atoms with Crippen LogP contribution in [0.1, 0.15) is 33.1 Å².